The molecule has 2 aromatic carbocycles. The zero-order valence-corrected chi connectivity index (χ0v) is 16.9. The average molecular weight is 414 g/mol. The Morgan fingerprint density at radius 3 is 2.27 bits per heavy atom. The average Bonchev–Trinajstić information content (AvgIpc) is 2.60. The van der Waals surface area contributed by atoms with Crippen molar-refractivity contribution in [3.8, 4) is 11.5 Å². The van der Waals surface area contributed by atoms with Gasteiger partial charge in [0.15, 0.2) is 0 Å². The van der Waals surface area contributed by atoms with Crippen molar-refractivity contribution >= 4 is 33.6 Å². The SMILES string of the molecule is COc1ccc(/C=N\N(C)P(S)Oc2ccc(CP(=O)(O)O)cc2)cc1. The van der Waals surface area contributed by atoms with Gasteiger partial charge in [0, 0.05) is 7.05 Å². The molecule has 0 bridgehead atoms. The number of hydrazone groups is 1. The number of thiol groups is 1. The maximum Gasteiger partial charge on any atom is 0.329 e. The molecule has 7 nitrogen and oxygen atoms in total. The van der Waals surface area contributed by atoms with E-state index in [1.54, 1.807) is 49.4 Å². The Balaban J connectivity index is 1.92. The third-order valence-corrected chi connectivity index (χ3v) is 6.01. The van der Waals surface area contributed by atoms with Gasteiger partial charge in [0.2, 0.25) is 0 Å². The first kappa shape index (κ1) is 20.7. The standard InChI is InChI=1S/C16H20N2O5P2S/c1-18(17-11-13-3-7-15(22-2)8-4-13)24(26)23-16-9-5-14(6-10-16)12-25(19,20)21/h3-11,26H,12H2,1-2H3,(H2,19,20,21)/b17-11-. The monoisotopic (exact) mass is 414 g/mol. The molecule has 0 spiro atoms. The van der Waals surface area contributed by atoms with Crippen LogP contribution in [0.25, 0.3) is 0 Å². The predicted molar refractivity (Wildman–Crippen MR) is 107 cm³/mol. The van der Waals surface area contributed by atoms with Gasteiger partial charge in [-0.15, -0.1) is 0 Å². The lowest BCUT2D eigenvalue weighted by molar-refractivity contribution is 0.371. The van der Waals surface area contributed by atoms with Gasteiger partial charge in [0.05, 0.1) is 19.5 Å². The van der Waals surface area contributed by atoms with E-state index in [0.717, 1.165) is 11.3 Å². The normalized spacial score (nSPS) is 12.8. The summed E-state index contributed by atoms with van der Waals surface area (Å²) in [6, 6.07) is 14.0. The second-order valence-electron chi connectivity index (χ2n) is 5.32. The van der Waals surface area contributed by atoms with E-state index in [0.29, 0.717) is 11.3 Å². The summed E-state index contributed by atoms with van der Waals surface area (Å²) in [5, 5.41) is 4.30. The molecule has 0 saturated heterocycles. The van der Waals surface area contributed by atoms with E-state index in [4.69, 9.17) is 19.0 Å². The van der Waals surface area contributed by atoms with Crippen LogP contribution in [0.1, 0.15) is 11.1 Å². The summed E-state index contributed by atoms with van der Waals surface area (Å²) in [6.45, 7) is 0. The van der Waals surface area contributed by atoms with Crippen molar-refractivity contribution in [3.63, 3.8) is 0 Å². The summed E-state index contributed by atoms with van der Waals surface area (Å²) < 4.78 is 23.4. The molecule has 0 aliphatic rings. The van der Waals surface area contributed by atoms with Gasteiger partial charge in [0.1, 0.15) is 11.5 Å². The number of methoxy groups -OCH3 is 1. The maximum atomic E-state index is 11.0. The predicted octanol–water partition coefficient (Wildman–Crippen LogP) is 3.87. The van der Waals surface area contributed by atoms with Gasteiger partial charge in [-0.25, -0.2) is 4.78 Å². The summed E-state index contributed by atoms with van der Waals surface area (Å²) >= 11 is 4.42. The molecule has 26 heavy (non-hydrogen) atoms. The Bertz CT molecular complexity index is 780. The third-order valence-electron chi connectivity index (χ3n) is 3.24. The van der Waals surface area contributed by atoms with E-state index in [1.165, 1.54) is 0 Å². The van der Waals surface area contributed by atoms with Crippen molar-refractivity contribution in [2.45, 2.75) is 6.16 Å². The molecule has 140 valence electrons. The van der Waals surface area contributed by atoms with Crippen LogP contribution in [-0.4, -0.2) is 34.9 Å². The number of hydrogen-bond acceptors (Lipinski definition) is 6. The van der Waals surface area contributed by atoms with E-state index >= 15 is 0 Å². The molecule has 2 aromatic rings. The third kappa shape index (κ3) is 6.98. The van der Waals surface area contributed by atoms with Crippen LogP contribution in [-0.2, 0) is 10.7 Å². The smallest absolute Gasteiger partial charge is 0.329 e. The van der Waals surface area contributed by atoms with Crippen LogP contribution < -0.4 is 9.26 Å². The Morgan fingerprint density at radius 1 is 1.15 bits per heavy atom. The summed E-state index contributed by atoms with van der Waals surface area (Å²) in [5.41, 5.74) is 1.45. The fraction of sp³-hybridized carbons (Fsp3) is 0.188. The van der Waals surface area contributed by atoms with Crippen molar-refractivity contribution in [2.24, 2.45) is 5.10 Å². The molecule has 0 fully saturated rings. The van der Waals surface area contributed by atoms with Gasteiger partial charge in [0.25, 0.3) is 7.50 Å². The summed E-state index contributed by atoms with van der Waals surface area (Å²) in [6.07, 6.45) is 1.40. The fourth-order valence-electron chi connectivity index (χ4n) is 1.93. The van der Waals surface area contributed by atoms with E-state index in [9.17, 15) is 4.57 Å². The fourth-order valence-corrected chi connectivity index (χ4v) is 3.61. The highest BCUT2D eigenvalue weighted by molar-refractivity contribution is 8.42. The van der Waals surface area contributed by atoms with Crippen LogP contribution in [0.2, 0.25) is 0 Å². The molecule has 0 aromatic heterocycles. The van der Waals surface area contributed by atoms with Gasteiger partial charge < -0.3 is 19.0 Å². The zero-order chi connectivity index (χ0) is 19.2. The number of ether oxygens (including phenoxy) is 1. The molecule has 2 rings (SSSR count). The molecule has 10 heteroatoms. The maximum absolute atomic E-state index is 11.0. The molecule has 1 atom stereocenters. The van der Waals surface area contributed by atoms with Crippen LogP contribution in [0.4, 0.5) is 0 Å². The number of benzene rings is 2. The van der Waals surface area contributed by atoms with Gasteiger partial charge in [-0.1, -0.05) is 24.4 Å². The Hall–Kier alpha value is -1.56. The minimum Gasteiger partial charge on any atom is -0.497 e. The topological polar surface area (TPSA) is 91.6 Å². The highest BCUT2D eigenvalue weighted by Gasteiger charge is 2.15. The molecule has 0 aliphatic heterocycles. The van der Waals surface area contributed by atoms with Gasteiger partial charge in [-0.3, -0.25) is 4.57 Å². The minimum absolute atomic E-state index is 0.297. The van der Waals surface area contributed by atoms with Gasteiger partial charge in [-0.2, -0.15) is 5.10 Å². The highest BCUT2D eigenvalue weighted by Crippen LogP contribution is 2.46. The lowest BCUT2D eigenvalue weighted by Crippen LogP contribution is -2.05. The van der Waals surface area contributed by atoms with Gasteiger partial charge >= 0.3 is 7.60 Å². The lowest BCUT2D eigenvalue weighted by Gasteiger charge is -2.20. The molecule has 1 unspecified atom stereocenters. The largest absolute Gasteiger partial charge is 0.497 e. The Kier molecular flexibility index (Phi) is 7.50. The van der Waals surface area contributed by atoms with Crippen molar-refractivity contribution in [2.75, 3.05) is 14.2 Å². The first-order chi connectivity index (χ1) is 12.3. The molecular formula is C16H20N2O5P2S. The zero-order valence-electron chi connectivity index (χ0n) is 14.3. The van der Waals surface area contributed by atoms with Crippen LogP contribution in [0.3, 0.4) is 0 Å². The van der Waals surface area contributed by atoms with Crippen LogP contribution in [0.15, 0.2) is 53.6 Å². The highest BCUT2D eigenvalue weighted by atomic mass is 32.7. The van der Waals surface area contributed by atoms with Crippen molar-refractivity contribution in [3.05, 3.63) is 59.7 Å². The molecular weight excluding hydrogens is 394 g/mol. The van der Waals surface area contributed by atoms with Crippen LogP contribution >= 0.6 is 27.3 Å². The summed E-state index contributed by atoms with van der Waals surface area (Å²) in [5.74, 6) is 1.32. The number of nitrogens with zero attached hydrogens (tertiary/aromatic N) is 2. The first-order valence-electron chi connectivity index (χ1n) is 7.49. The summed E-state index contributed by atoms with van der Waals surface area (Å²) in [4.78, 5) is 18.0. The molecule has 0 radical (unpaired) electrons. The molecule has 2 N–H and O–H groups in total. The second kappa shape index (κ2) is 9.40. The van der Waals surface area contributed by atoms with Crippen molar-refractivity contribution in [1.82, 2.24) is 4.78 Å². The lowest BCUT2D eigenvalue weighted by atomic mass is 10.2. The van der Waals surface area contributed by atoms with E-state index in [1.807, 2.05) is 24.3 Å². The second-order valence-corrected chi connectivity index (χ2v) is 9.26. The summed E-state index contributed by atoms with van der Waals surface area (Å²) in [7, 11) is -2.02. The quantitative estimate of drug-likeness (QED) is 0.263. The molecule has 0 amide bonds. The molecule has 0 saturated carbocycles. The van der Waals surface area contributed by atoms with Gasteiger partial charge in [-0.05, 0) is 47.5 Å². The number of rotatable bonds is 8. The van der Waals surface area contributed by atoms with Crippen LogP contribution in [0, 0.1) is 0 Å². The Morgan fingerprint density at radius 2 is 1.73 bits per heavy atom. The van der Waals surface area contributed by atoms with Crippen molar-refractivity contribution in [1.29, 1.82) is 0 Å². The molecule has 0 aliphatic carbocycles. The van der Waals surface area contributed by atoms with E-state index in [-0.39, 0.29) is 6.16 Å². The van der Waals surface area contributed by atoms with E-state index in [2.05, 4.69) is 17.4 Å². The Labute approximate surface area is 158 Å². The number of hydrogen-bond donors (Lipinski definition) is 3. The molecule has 0 heterocycles. The minimum atomic E-state index is -4.08. The van der Waals surface area contributed by atoms with Crippen molar-refractivity contribution < 1.29 is 23.6 Å². The first-order valence-corrected chi connectivity index (χ1v) is 11.7. The van der Waals surface area contributed by atoms with Crippen LogP contribution in [0.5, 0.6) is 11.5 Å². The van der Waals surface area contributed by atoms with E-state index < -0.39 is 15.1 Å².